The Bertz CT molecular complexity index is 1040. The number of amides is 2. The molecule has 2 amide bonds. The van der Waals surface area contributed by atoms with E-state index in [2.05, 4.69) is 15.3 Å². The van der Waals surface area contributed by atoms with Gasteiger partial charge in [0.25, 0.3) is 5.91 Å². The van der Waals surface area contributed by atoms with Gasteiger partial charge in [0.15, 0.2) is 0 Å². The van der Waals surface area contributed by atoms with Gasteiger partial charge in [0, 0.05) is 18.1 Å². The number of nitrogens with zero attached hydrogens (tertiary/aromatic N) is 3. The Hall–Kier alpha value is -3.94. The van der Waals surface area contributed by atoms with Crippen LogP contribution in [-0.2, 0) is 6.54 Å². The van der Waals surface area contributed by atoms with Crippen molar-refractivity contribution in [2.24, 2.45) is 0 Å². The van der Waals surface area contributed by atoms with E-state index in [-0.39, 0.29) is 5.91 Å². The number of hydrogen-bond donors (Lipinski definition) is 2. The normalized spacial score (nSPS) is 13.2. The smallest absolute Gasteiger partial charge is 0.409 e. The predicted molar refractivity (Wildman–Crippen MR) is 106 cm³/mol. The second kappa shape index (κ2) is 7.97. The van der Waals surface area contributed by atoms with Crippen LogP contribution in [0.5, 0.6) is 5.75 Å². The third-order valence-electron chi connectivity index (χ3n) is 4.54. The molecule has 8 heteroatoms. The van der Waals surface area contributed by atoms with Crippen molar-refractivity contribution >= 4 is 17.7 Å². The van der Waals surface area contributed by atoms with E-state index < -0.39 is 6.09 Å². The van der Waals surface area contributed by atoms with Crippen molar-refractivity contribution in [1.82, 2.24) is 14.9 Å². The van der Waals surface area contributed by atoms with Gasteiger partial charge in [0.05, 0.1) is 18.7 Å². The van der Waals surface area contributed by atoms with Crippen LogP contribution >= 0.6 is 0 Å². The number of aromatic nitrogens is 2. The third kappa shape index (κ3) is 4.16. The Morgan fingerprint density at radius 3 is 2.55 bits per heavy atom. The largest absolute Gasteiger partial charge is 0.491 e. The Morgan fingerprint density at radius 1 is 1.10 bits per heavy atom. The molecule has 1 aliphatic heterocycles. The molecule has 4 rings (SSSR count). The lowest BCUT2D eigenvalue weighted by atomic mass is 10.0. The number of ether oxygens (including phenoxy) is 1. The standard InChI is InChI=1S/C21H18N4O4/c26-20-17-12-15(14-2-5-16(6-3-14)24-21(27)28)4-7-18(17)29-11-10-25(20)13-19-22-8-1-9-23-19/h1-9,12,24H,10-11,13H2,(H,27,28). The lowest BCUT2D eigenvalue weighted by Crippen LogP contribution is -2.32. The van der Waals surface area contributed by atoms with Gasteiger partial charge < -0.3 is 14.7 Å². The fraction of sp³-hybridized carbons (Fsp3) is 0.143. The maximum atomic E-state index is 13.1. The molecule has 0 bridgehead atoms. The van der Waals surface area contributed by atoms with Crippen molar-refractivity contribution < 1.29 is 19.4 Å². The van der Waals surface area contributed by atoms with Crippen LogP contribution in [0.4, 0.5) is 10.5 Å². The lowest BCUT2D eigenvalue weighted by Gasteiger charge is -2.19. The minimum absolute atomic E-state index is 0.143. The van der Waals surface area contributed by atoms with E-state index in [0.717, 1.165) is 11.1 Å². The summed E-state index contributed by atoms with van der Waals surface area (Å²) in [7, 11) is 0. The van der Waals surface area contributed by atoms with Crippen molar-refractivity contribution in [3.05, 3.63) is 72.3 Å². The molecule has 29 heavy (non-hydrogen) atoms. The number of benzene rings is 2. The first-order valence-corrected chi connectivity index (χ1v) is 9.02. The maximum Gasteiger partial charge on any atom is 0.409 e. The lowest BCUT2D eigenvalue weighted by molar-refractivity contribution is 0.0738. The summed E-state index contributed by atoms with van der Waals surface area (Å²) in [5.74, 6) is 0.970. The summed E-state index contributed by atoms with van der Waals surface area (Å²) in [6, 6.07) is 14.1. The zero-order valence-corrected chi connectivity index (χ0v) is 15.4. The van der Waals surface area contributed by atoms with Gasteiger partial charge in [-0.05, 0) is 41.5 Å². The summed E-state index contributed by atoms with van der Waals surface area (Å²) in [5.41, 5.74) is 2.65. The molecule has 146 valence electrons. The molecule has 1 aliphatic rings. The van der Waals surface area contributed by atoms with Gasteiger partial charge in [0.2, 0.25) is 0 Å². The number of anilines is 1. The number of carboxylic acid groups (broad SMARTS) is 1. The second-order valence-electron chi connectivity index (χ2n) is 6.46. The SMILES string of the molecule is O=C(O)Nc1ccc(-c2ccc3c(c2)C(=O)N(Cc2ncccn2)CCO3)cc1. The molecule has 0 saturated heterocycles. The number of fused-ring (bicyclic) bond motifs is 1. The Kier molecular flexibility index (Phi) is 5.07. The van der Waals surface area contributed by atoms with E-state index in [0.29, 0.717) is 42.5 Å². The van der Waals surface area contributed by atoms with Crippen LogP contribution in [-0.4, -0.2) is 45.1 Å². The molecule has 2 heterocycles. The number of rotatable bonds is 4. The quantitative estimate of drug-likeness (QED) is 0.708. The molecule has 2 N–H and O–H groups in total. The molecule has 0 saturated carbocycles. The van der Waals surface area contributed by atoms with Crippen molar-refractivity contribution in [1.29, 1.82) is 0 Å². The van der Waals surface area contributed by atoms with Crippen LogP contribution in [0.1, 0.15) is 16.2 Å². The number of carbonyl (C=O) groups excluding carboxylic acids is 1. The summed E-state index contributed by atoms with van der Waals surface area (Å²) in [5, 5.41) is 11.1. The zero-order chi connectivity index (χ0) is 20.2. The van der Waals surface area contributed by atoms with Crippen LogP contribution in [0.25, 0.3) is 11.1 Å². The van der Waals surface area contributed by atoms with E-state index >= 15 is 0 Å². The first kappa shape index (κ1) is 18.4. The number of hydrogen-bond acceptors (Lipinski definition) is 5. The summed E-state index contributed by atoms with van der Waals surface area (Å²) < 4.78 is 5.76. The Labute approximate surface area is 166 Å². The molecule has 0 unspecified atom stereocenters. The number of carbonyl (C=O) groups is 2. The summed E-state index contributed by atoms with van der Waals surface area (Å²) in [6.45, 7) is 1.14. The fourth-order valence-corrected chi connectivity index (χ4v) is 3.14. The summed E-state index contributed by atoms with van der Waals surface area (Å²) in [6.07, 6.45) is 2.18. The first-order valence-electron chi connectivity index (χ1n) is 9.02. The molecule has 0 spiro atoms. The molecule has 0 atom stereocenters. The highest BCUT2D eigenvalue weighted by molar-refractivity contribution is 5.98. The van der Waals surface area contributed by atoms with Crippen LogP contribution in [0.3, 0.4) is 0 Å². The van der Waals surface area contributed by atoms with Gasteiger partial charge in [-0.1, -0.05) is 18.2 Å². The molecular weight excluding hydrogens is 372 g/mol. The molecule has 8 nitrogen and oxygen atoms in total. The third-order valence-corrected chi connectivity index (χ3v) is 4.54. The van der Waals surface area contributed by atoms with Crippen molar-refractivity contribution in [2.45, 2.75) is 6.54 Å². The molecule has 0 radical (unpaired) electrons. The van der Waals surface area contributed by atoms with E-state index in [9.17, 15) is 9.59 Å². The van der Waals surface area contributed by atoms with E-state index in [1.807, 2.05) is 6.07 Å². The predicted octanol–water partition coefficient (Wildman–Crippen LogP) is 3.27. The highest BCUT2D eigenvalue weighted by Gasteiger charge is 2.24. The van der Waals surface area contributed by atoms with Crippen LogP contribution < -0.4 is 10.1 Å². The minimum atomic E-state index is -1.12. The monoisotopic (exact) mass is 390 g/mol. The molecular formula is C21H18N4O4. The van der Waals surface area contributed by atoms with E-state index in [1.165, 1.54) is 0 Å². The highest BCUT2D eigenvalue weighted by atomic mass is 16.5. The molecule has 3 aromatic rings. The summed E-state index contributed by atoms with van der Waals surface area (Å²) in [4.78, 5) is 33.9. The van der Waals surface area contributed by atoms with Gasteiger partial charge in [-0.3, -0.25) is 10.1 Å². The average molecular weight is 390 g/mol. The molecule has 2 aromatic carbocycles. The van der Waals surface area contributed by atoms with Gasteiger partial charge in [0.1, 0.15) is 18.2 Å². The van der Waals surface area contributed by atoms with Gasteiger partial charge >= 0.3 is 6.09 Å². The van der Waals surface area contributed by atoms with Crippen molar-refractivity contribution in [3.63, 3.8) is 0 Å². The van der Waals surface area contributed by atoms with Crippen LogP contribution in [0, 0.1) is 0 Å². The van der Waals surface area contributed by atoms with Crippen molar-refractivity contribution in [2.75, 3.05) is 18.5 Å². The second-order valence-corrected chi connectivity index (χ2v) is 6.46. The number of nitrogens with one attached hydrogen (secondary N) is 1. The van der Waals surface area contributed by atoms with Crippen molar-refractivity contribution in [3.8, 4) is 16.9 Å². The highest BCUT2D eigenvalue weighted by Crippen LogP contribution is 2.30. The van der Waals surface area contributed by atoms with E-state index in [1.54, 1.807) is 59.8 Å². The maximum absolute atomic E-state index is 13.1. The summed E-state index contributed by atoms with van der Waals surface area (Å²) >= 11 is 0. The first-order chi connectivity index (χ1) is 14.1. The Morgan fingerprint density at radius 2 is 1.83 bits per heavy atom. The van der Waals surface area contributed by atoms with Crippen LogP contribution in [0.15, 0.2) is 60.9 Å². The van der Waals surface area contributed by atoms with Gasteiger partial charge in [-0.25, -0.2) is 14.8 Å². The fourth-order valence-electron chi connectivity index (χ4n) is 3.14. The van der Waals surface area contributed by atoms with Gasteiger partial charge in [-0.15, -0.1) is 0 Å². The topological polar surface area (TPSA) is 105 Å². The van der Waals surface area contributed by atoms with Gasteiger partial charge in [-0.2, -0.15) is 0 Å². The van der Waals surface area contributed by atoms with Crippen LogP contribution in [0.2, 0.25) is 0 Å². The molecule has 1 aromatic heterocycles. The Balaban J connectivity index is 1.61. The van der Waals surface area contributed by atoms with E-state index in [4.69, 9.17) is 9.84 Å². The average Bonchev–Trinajstić information content (AvgIpc) is 2.88. The minimum Gasteiger partial charge on any atom is -0.491 e. The molecule has 0 fully saturated rings. The zero-order valence-electron chi connectivity index (χ0n) is 15.4. The molecule has 0 aliphatic carbocycles.